The van der Waals surface area contributed by atoms with E-state index in [1.54, 1.807) is 0 Å². The molecule has 0 radical (unpaired) electrons. The van der Waals surface area contributed by atoms with Crippen molar-refractivity contribution in [1.82, 2.24) is 0 Å². The van der Waals surface area contributed by atoms with Crippen molar-refractivity contribution in [3.8, 4) is 0 Å². The Balaban J connectivity index is 2.21. The topological polar surface area (TPSA) is 52.3 Å². The van der Waals surface area contributed by atoms with E-state index < -0.39 is 6.09 Å². The van der Waals surface area contributed by atoms with Crippen LogP contribution in [0.2, 0.25) is 0 Å². The SMILES string of the molecule is CSC1CCC(OC(N)=O)CC1. The first-order valence-corrected chi connectivity index (χ1v) is 5.50. The molecular formula is C8H15NO2S. The van der Waals surface area contributed by atoms with Crippen molar-refractivity contribution < 1.29 is 9.53 Å². The number of hydrogen-bond acceptors (Lipinski definition) is 3. The van der Waals surface area contributed by atoms with Crippen LogP contribution in [0.15, 0.2) is 0 Å². The minimum absolute atomic E-state index is 0.0749. The van der Waals surface area contributed by atoms with Gasteiger partial charge in [0, 0.05) is 5.25 Å². The summed E-state index contributed by atoms with van der Waals surface area (Å²) >= 11 is 1.89. The minimum Gasteiger partial charge on any atom is -0.446 e. The Bertz CT molecular complexity index is 155. The van der Waals surface area contributed by atoms with Crippen LogP contribution in [0.25, 0.3) is 0 Å². The Morgan fingerprint density at radius 1 is 1.42 bits per heavy atom. The van der Waals surface area contributed by atoms with E-state index >= 15 is 0 Å². The molecule has 0 aromatic heterocycles. The molecule has 0 atom stereocenters. The van der Waals surface area contributed by atoms with Gasteiger partial charge in [0.05, 0.1) is 0 Å². The molecule has 0 aromatic rings. The normalized spacial score (nSPS) is 29.8. The van der Waals surface area contributed by atoms with Gasteiger partial charge in [-0.3, -0.25) is 0 Å². The predicted molar refractivity (Wildman–Crippen MR) is 50.2 cm³/mol. The number of thioether (sulfide) groups is 1. The summed E-state index contributed by atoms with van der Waals surface area (Å²) in [4.78, 5) is 10.4. The van der Waals surface area contributed by atoms with E-state index in [4.69, 9.17) is 10.5 Å². The molecule has 3 nitrogen and oxygen atoms in total. The number of rotatable bonds is 2. The number of amides is 1. The van der Waals surface area contributed by atoms with Gasteiger partial charge in [-0.15, -0.1) is 0 Å². The van der Waals surface area contributed by atoms with Crippen LogP contribution in [0.4, 0.5) is 4.79 Å². The van der Waals surface area contributed by atoms with Gasteiger partial charge in [-0.25, -0.2) is 4.79 Å². The van der Waals surface area contributed by atoms with Crippen LogP contribution in [-0.2, 0) is 4.74 Å². The van der Waals surface area contributed by atoms with Gasteiger partial charge in [0.2, 0.25) is 0 Å². The van der Waals surface area contributed by atoms with E-state index in [0.29, 0.717) is 0 Å². The molecule has 4 heteroatoms. The number of carbonyl (C=O) groups excluding carboxylic acids is 1. The maximum absolute atomic E-state index is 10.4. The van der Waals surface area contributed by atoms with Crippen molar-refractivity contribution in [3.05, 3.63) is 0 Å². The van der Waals surface area contributed by atoms with Crippen LogP contribution >= 0.6 is 11.8 Å². The zero-order valence-electron chi connectivity index (χ0n) is 7.29. The molecule has 1 aliphatic rings. The third-order valence-corrected chi connectivity index (χ3v) is 3.38. The number of nitrogens with two attached hydrogens (primary N) is 1. The lowest BCUT2D eigenvalue weighted by molar-refractivity contribution is 0.0840. The van der Waals surface area contributed by atoms with Gasteiger partial charge in [0.25, 0.3) is 0 Å². The smallest absolute Gasteiger partial charge is 0.404 e. The van der Waals surface area contributed by atoms with Crippen molar-refractivity contribution in [1.29, 1.82) is 0 Å². The highest BCUT2D eigenvalue weighted by Crippen LogP contribution is 2.28. The Kier molecular flexibility index (Phi) is 3.72. The molecule has 0 unspecified atom stereocenters. The average molecular weight is 189 g/mol. The second-order valence-corrected chi connectivity index (χ2v) is 4.21. The predicted octanol–water partition coefficient (Wildman–Crippen LogP) is 1.76. The second kappa shape index (κ2) is 4.60. The fourth-order valence-corrected chi connectivity index (χ4v) is 2.29. The van der Waals surface area contributed by atoms with Crippen LogP contribution in [0.3, 0.4) is 0 Å². The quantitative estimate of drug-likeness (QED) is 0.720. The lowest BCUT2D eigenvalue weighted by atomic mass is 9.97. The van der Waals surface area contributed by atoms with Gasteiger partial charge >= 0.3 is 6.09 Å². The van der Waals surface area contributed by atoms with Gasteiger partial charge < -0.3 is 10.5 Å². The van der Waals surface area contributed by atoms with Crippen molar-refractivity contribution in [2.45, 2.75) is 37.0 Å². The molecule has 70 valence electrons. The van der Waals surface area contributed by atoms with Gasteiger partial charge in [0.1, 0.15) is 6.10 Å². The first kappa shape index (κ1) is 9.71. The first-order valence-electron chi connectivity index (χ1n) is 4.21. The van der Waals surface area contributed by atoms with Gasteiger partial charge in [-0.1, -0.05) is 0 Å². The average Bonchev–Trinajstić information content (AvgIpc) is 2.05. The van der Waals surface area contributed by atoms with Crippen LogP contribution in [0, 0.1) is 0 Å². The molecule has 1 aliphatic carbocycles. The highest BCUT2D eigenvalue weighted by molar-refractivity contribution is 7.99. The highest BCUT2D eigenvalue weighted by Gasteiger charge is 2.22. The van der Waals surface area contributed by atoms with Gasteiger partial charge in [-0.2, -0.15) is 11.8 Å². The highest BCUT2D eigenvalue weighted by atomic mass is 32.2. The van der Waals surface area contributed by atoms with Crippen molar-refractivity contribution in [3.63, 3.8) is 0 Å². The molecule has 1 amide bonds. The summed E-state index contributed by atoms with van der Waals surface area (Å²) in [6, 6.07) is 0. The molecule has 2 N–H and O–H groups in total. The van der Waals surface area contributed by atoms with E-state index in [0.717, 1.165) is 30.9 Å². The molecule has 0 aromatic carbocycles. The zero-order chi connectivity index (χ0) is 8.97. The van der Waals surface area contributed by atoms with E-state index in [1.165, 1.54) is 0 Å². The molecule has 0 aliphatic heterocycles. The third kappa shape index (κ3) is 2.93. The summed E-state index contributed by atoms with van der Waals surface area (Å²) in [5.41, 5.74) is 4.92. The molecule has 1 fully saturated rings. The van der Waals surface area contributed by atoms with Crippen LogP contribution in [0.1, 0.15) is 25.7 Å². The molecule has 0 saturated heterocycles. The Hall–Kier alpha value is -0.380. The summed E-state index contributed by atoms with van der Waals surface area (Å²) < 4.78 is 4.91. The standard InChI is InChI=1S/C8H15NO2S/c1-12-7-4-2-6(3-5-7)11-8(9)10/h6-7H,2-5H2,1H3,(H2,9,10). The number of hydrogen-bond donors (Lipinski definition) is 1. The van der Waals surface area contributed by atoms with Crippen molar-refractivity contribution in [2.75, 3.05) is 6.26 Å². The van der Waals surface area contributed by atoms with Crippen molar-refractivity contribution >= 4 is 17.9 Å². The Morgan fingerprint density at radius 3 is 2.42 bits per heavy atom. The maximum atomic E-state index is 10.4. The molecular weight excluding hydrogens is 174 g/mol. The Morgan fingerprint density at radius 2 is 2.00 bits per heavy atom. The monoisotopic (exact) mass is 189 g/mol. The molecule has 0 heterocycles. The van der Waals surface area contributed by atoms with E-state index in [2.05, 4.69) is 6.26 Å². The molecule has 1 saturated carbocycles. The summed E-state index contributed by atoms with van der Waals surface area (Å²) in [5.74, 6) is 0. The summed E-state index contributed by atoms with van der Waals surface area (Å²) in [6.07, 6.45) is 5.77. The van der Waals surface area contributed by atoms with Crippen LogP contribution < -0.4 is 5.73 Å². The maximum Gasteiger partial charge on any atom is 0.404 e. The molecule has 1 rings (SSSR count). The molecule has 12 heavy (non-hydrogen) atoms. The first-order chi connectivity index (χ1) is 5.72. The van der Waals surface area contributed by atoms with Gasteiger partial charge in [-0.05, 0) is 31.9 Å². The molecule has 0 spiro atoms. The zero-order valence-corrected chi connectivity index (χ0v) is 8.10. The van der Waals surface area contributed by atoms with Gasteiger partial charge in [0.15, 0.2) is 0 Å². The van der Waals surface area contributed by atoms with E-state index in [9.17, 15) is 4.79 Å². The lowest BCUT2D eigenvalue weighted by Crippen LogP contribution is -2.27. The van der Waals surface area contributed by atoms with Crippen LogP contribution in [-0.4, -0.2) is 23.7 Å². The van der Waals surface area contributed by atoms with E-state index in [1.807, 2.05) is 11.8 Å². The third-order valence-electron chi connectivity index (χ3n) is 2.24. The summed E-state index contributed by atoms with van der Waals surface area (Å²) in [5, 5.41) is 0.748. The fraction of sp³-hybridized carbons (Fsp3) is 0.875. The van der Waals surface area contributed by atoms with Crippen LogP contribution in [0.5, 0.6) is 0 Å². The second-order valence-electron chi connectivity index (χ2n) is 3.07. The molecule has 0 bridgehead atoms. The number of primary amides is 1. The van der Waals surface area contributed by atoms with E-state index in [-0.39, 0.29) is 6.10 Å². The number of ether oxygens (including phenoxy) is 1. The Labute approximate surface area is 77.0 Å². The summed E-state index contributed by atoms with van der Waals surface area (Å²) in [6.45, 7) is 0. The fourth-order valence-electron chi connectivity index (χ4n) is 1.55. The minimum atomic E-state index is -0.636. The number of carbonyl (C=O) groups is 1. The summed E-state index contributed by atoms with van der Waals surface area (Å²) in [7, 11) is 0. The largest absolute Gasteiger partial charge is 0.446 e. The van der Waals surface area contributed by atoms with Crippen molar-refractivity contribution in [2.24, 2.45) is 5.73 Å². The lowest BCUT2D eigenvalue weighted by Gasteiger charge is -2.26.